The first-order valence-corrected chi connectivity index (χ1v) is 11.2. The van der Waals surface area contributed by atoms with Crippen LogP contribution in [0.3, 0.4) is 0 Å². The van der Waals surface area contributed by atoms with E-state index in [-0.39, 0.29) is 23.4 Å². The quantitative estimate of drug-likeness (QED) is 0.491. The molecule has 3 aromatic rings. The number of amides is 2. The van der Waals surface area contributed by atoms with E-state index in [1.165, 1.54) is 26.3 Å². The van der Waals surface area contributed by atoms with Crippen molar-refractivity contribution in [2.24, 2.45) is 5.92 Å². The van der Waals surface area contributed by atoms with Gasteiger partial charge in [-0.15, -0.1) is 0 Å². The van der Waals surface area contributed by atoms with Crippen molar-refractivity contribution in [1.29, 1.82) is 0 Å². The van der Waals surface area contributed by atoms with Gasteiger partial charge in [0.15, 0.2) is 5.56 Å². The number of aromatic hydroxyl groups is 1. The van der Waals surface area contributed by atoms with E-state index in [1.54, 1.807) is 25.5 Å². The lowest BCUT2D eigenvalue weighted by atomic mass is 10.2. The lowest BCUT2D eigenvalue weighted by Crippen LogP contribution is -2.36. The summed E-state index contributed by atoms with van der Waals surface area (Å²) in [5.74, 6) is -1.28. The highest BCUT2D eigenvalue weighted by Crippen LogP contribution is 2.23. The van der Waals surface area contributed by atoms with Crippen molar-refractivity contribution in [3.05, 3.63) is 63.8 Å². The van der Waals surface area contributed by atoms with Crippen LogP contribution < -0.4 is 10.9 Å². The zero-order valence-corrected chi connectivity index (χ0v) is 19.4. The maximum atomic E-state index is 13.3. The first-order chi connectivity index (χ1) is 16.3. The topological polar surface area (TPSA) is 122 Å². The van der Waals surface area contributed by atoms with Crippen LogP contribution in [0.2, 0.25) is 0 Å². The van der Waals surface area contributed by atoms with Crippen LogP contribution in [0.1, 0.15) is 48.2 Å². The summed E-state index contributed by atoms with van der Waals surface area (Å²) >= 11 is 0. The Hall–Kier alpha value is -3.95. The molecule has 0 aromatic carbocycles. The molecule has 0 atom stereocenters. The van der Waals surface area contributed by atoms with Crippen LogP contribution in [-0.4, -0.2) is 54.1 Å². The molecule has 178 valence electrons. The van der Waals surface area contributed by atoms with Crippen molar-refractivity contribution in [1.82, 2.24) is 29.4 Å². The van der Waals surface area contributed by atoms with E-state index in [0.717, 1.165) is 18.4 Å². The second-order valence-corrected chi connectivity index (χ2v) is 8.98. The van der Waals surface area contributed by atoms with Gasteiger partial charge in [0.25, 0.3) is 11.5 Å². The minimum Gasteiger partial charge on any atom is -0.492 e. The molecule has 0 saturated heterocycles. The molecule has 2 amide bonds. The molecule has 0 bridgehead atoms. The first-order valence-electron chi connectivity index (χ1n) is 11.2. The Labute approximate surface area is 196 Å². The maximum absolute atomic E-state index is 13.3. The van der Waals surface area contributed by atoms with Gasteiger partial charge in [-0.3, -0.25) is 23.9 Å². The molecular weight excluding hydrogens is 436 g/mol. The fourth-order valence-electron chi connectivity index (χ4n) is 3.68. The maximum Gasteiger partial charge on any atom is 0.270 e. The number of carbonyl (C=O) groups excluding carboxylic acids is 2. The Kier molecular flexibility index (Phi) is 6.49. The van der Waals surface area contributed by atoms with Gasteiger partial charge >= 0.3 is 0 Å². The largest absolute Gasteiger partial charge is 0.492 e. The minimum atomic E-state index is -0.607. The van der Waals surface area contributed by atoms with Crippen LogP contribution in [0.25, 0.3) is 11.7 Å². The van der Waals surface area contributed by atoms with E-state index in [0.29, 0.717) is 24.3 Å². The van der Waals surface area contributed by atoms with E-state index < -0.39 is 17.3 Å². The summed E-state index contributed by atoms with van der Waals surface area (Å²) in [6, 6.07) is 3.73. The summed E-state index contributed by atoms with van der Waals surface area (Å²) in [4.78, 5) is 44.2. The van der Waals surface area contributed by atoms with Gasteiger partial charge in [0.1, 0.15) is 5.65 Å². The van der Waals surface area contributed by atoms with Gasteiger partial charge in [-0.25, -0.2) is 0 Å². The molecule has 34 heavy (non-hydrogen) atoms. The van der Waals surface area contributed by atoms with Crippen LogP contribution in [0.4, 0.5) is 0 Å². The van der Waals surface area contributed by atoms with E-state index in [9.17, 15) is 19.5 Å². The minimum absolute atomic E-state index is 0.0336. The van der Waals surface area contributed by atoms with Crippen LogP contribution in [0, 0.1) is 5.92 Å². The summed E-state index contributed by atoms with van der Waals surface area (Å²) in [5, 5.41) is 17.7. The predicted molar refractivity (Wildman–Crippen MR) is 126 cm³/mol. The van der Waals surface area contributed by atoms with Crippen LogP contribution >= 0.6 is 0 Å². The first kappa shape index (κ1) is 23.2. The molecule has 0 unspecified atom stereocenters. The monoisotopic (exact) mass is 464 g/mol. The number of aromatic nitrogens is 4. The van der Waals surface area contributed by atoms with E-state index >= 15 is 0 Å². The van der Waals surface area contributed by atoms with Crippen molar-refractivity contribution in [3.63, 3.8) is 0 Å². The molecule has 1 aliphatic carbocycles. The Morgan fingerprint density at radius 2 is 2.09 bits per heavy atom. The van der Waals surface area contributed by atoms with Crippen molar-refractivity contribution >= 4 is 23.5 Å². The number of fused-ring (bicyclic) bond motifs is 1. The average molecular weight is 465 g/mol. The number of rotatable bonds is 8. The summed E-state index contributed by atoms with van der Waals surface area (Å²) in [5.41, 5.74) is 0.775. The summed E-state index contributed by atoms with van der Waals surface area (Å²) in [6.45, 7) is 4.60. The average Bonchev–Trinajstić information content (AvgIpc) is 3.50. The van der Waals surface area contributed by atoms with E-state index in [1.807, 2.05) is 26.0 Å². The summed E-state index contributed by atoms with van der Waals surface area (Å²) < 4.78 is 2.61. The Balaban J connectivity index is 1.68. The van der Waals surface area contributed by atoms with Crippen molar-refractivity contribution in [3.8, 4) is 5.88 Å². The molecule has 1 aliphatic rings. The number of nitrogens with one attached hydrogen (secondary N) is 1. The predicted octanol–water partition coefficient (Wildman–Crippen LogP) is 1.82. The highest BCUT2D eigenvalue weighted by Gasteiger charge is 2.29. The molecule has 1 saturated carbocycles. The lowest BCUT2D eigenvalue weighted by molar-refractivity contribution is -0.125. The third-order valence-corrected chi connectivity index (χ3v) is 5.52. The van der Waals surface area contributed by atoms with E-state index in [4.69, 9.17) is 0 Å². The molecule has 10 nitrogen and oxygen atoms in total. The van der Waals surface area contributed by atoms with E-state index in [2.05, 4.69) is 15.4 Å². The fraction of sp³-hybridized carbons (Fsp3) is 0.375. The highest BCUT2D eigenvalue weighted by atomic mass is 16.3. The highest BCUT2D eigenvalue weighted by molar-refractivity contribution is 5.97. The Morgan fingerprint density at radius 3 is 2.74 bits per heavy atom. The molecule has 10 heteroatoms. The number of nitrogens with zero attached hydrogens (tertiary/aromatic N) is 5. The molecular formula is C24H28N6O4. The van der Waals surface area contributed by atoms with Crippen molar-refractivity contribution in [2.45, 2.75) is 45.8 Å². The zero-order chi connectivity index (χ0) is 24.4. The molecule has 1 fully saturated rings. The van der Waals surface area contributed by atoms with Crippen LogP contribution in [-0.2, 0) is 17.9 Å². The Bertz CT molecular complexity index is 1300. The molecule has 3 heterocycles. The van der Waals surface area contributed by atoms with Gasteiger partial charge in [0.2, 0.25) is 11.8 Å². The van der Waals surface area contributed by atoms with Crippen molar-refractivity contribution < 1.29 is 14.7 Å². The molecule has 2 N–H and O–H groups in total. The summed E-state index contributed by atoms with van der Waals surface area (Å²) in [6.07, 6.45) is 9.49. The van der Waals surface area contributed by atoms with Gasteiger partial charge in [0.05, 0.1) is 6.20 Å². The second-order valence-electron chi connectivity index (χ2n) is 8.98. The van der Waals surface area contributed by atoms with Gasteiger partial charge in [-0.1, -0.05) is 19.9 Å². The lowest BCUT2D eigenvalue weighted by Gasteiger charge is -2.16. The molecule has 0 spiro atoms. The van der Waals surface area contributed by atoms with Gasteiger partial charge in [0, 0.05) is 50.2 Å². The number of carbonyl (C=O) groups is 2. The fourth-order valence-corrected chi connectivity index (χ4v) is 3.68. The SMILES string of the molecule is CC(C)Cn1c(=O)c(C(=O)NC2CC2)c(O)n2ncc(/C=C/C(=O)N(C)Cc3cccnc3)c12. The zero-order valence-electron chi connectivity index (χ0n) is 19.4. The molecule has 4 rings (SSSR count). The third-order valence-electron chi connectivity index (χ3n) is 5.52. The standard InChI is InChI=1S/C24H28N6O4/c1-15(2)13-29-22-17(6-9-19(31)28(3)14-16-5-4-10-25-11-16)12-26-30(22)24(34)20(23(29)33)21(32)27-18-7-8-18/h4-6,9-12,15,18,34H,7-8,13-14H2,1-3H3,(H,27,32)/b9-6+. The molecule has 0 aliphatic heterocycles. The smallest absolute Gasteiger partial charge is 0.270 e. The number of hydrogen-bond donors (Lipinski definition) is 2. The second kappa shape index (κ2) is 9.50. The summed E-state index contributed by atoms with van der Waals surface area (Å²) in [7, 11) is 1.68. The number of likely N-dealkylation sites (N-methyl/N-ethyl adjacent to an activating group) is 1. The van der Waals surface area contributed by atoms with Crippen LogP contribution in [0.15, 0.2) is 41.6 Å². The molecule has 3 aromatic heterocycles. The van der Waals surface area contributed by atoms with Gasteiger partial charge < -0.3 is 15.3 Å². The normalized spacial score (nSPS) is 13.6. The Morgan fingerprint density at radius 1 is 1.32 bits per heavy atom. The number of hydrogen-bond acceptors (Lipinski definition) is 6. The van der Waals surface area contributed by atoms with Gasteiger partial charge in [-0.2, -0.15) is 9.61 Å². The third kappa shape index (κ3) is 4.85. The number of pyridine rings is 1. The van der Waals surface area contributed by atoms with Crippen molar-refractivity contribution in [2.75, 3.05) is 7.05 Å². The van der Waals surface area contributed by atoms with Gasteiger partial charge in [-0.05, 0) is 36.5 Å². The molecule has 0 radical (unpaired) electrons. The van der Waals surface area contributed by atoms with Crippen LogP contribution in [0.5, 0.6) is 5.88 Å².